The van der Waals surface area contributed by atoms with Crippen LogP contribution in [0.3, 0.4) is 0 Å². The summed E-state index contributed by atoms with van der Waals surface area (Å²) in [5, 5.41) is 0. The van der Waals surface area contributed by atoms with Gasteiger partial charge in [-0.05, 0) is 30.5 Å². The highest BCUT2D eigenvalue weighted by Crippen LogP contribution is 2.15. The lowest BCUT2D eigenvalue weighted by Crippen LogP contribution is -2.35. The van der Waals surface area contributed by atoms with Gasteiger partial charge in [0.15, 0.2) is 0 Å². The number of carbonyl (C=O) groups excluding carboxylic acids is 1. The van der Waals surface area contributed by atoms with Crippen molar-refractivity contribution in [1.82, 2.24) is 4.90 Å². The van der Waals surface area contributed by atoms with E-state index in [4.69, 9.17) is 10.5 Å². The quantitative estimate of drug-likeness (QED) is 0.838. The fourth-order valence-corrected chi connectivity index (χ4v) is 2.08. The summed E-state index contributed by atoms with van der Waals surface area (Å²) in [6.45, 7) is 1.52. The first kappa shape index (κ1) is 11.9. The highest BCUT2D eigenvalue weighted by molar-refractivity contribution is 5.83. The van der Waals surface area contributed by atoms with E-state index in [9.17, 15) is 4.79 Å². The Morgan fingerprint density at radius 1 is 1.53 bits per heavy atom. The van der Waals surface area contributed by atoms with E-state index in [1.165, 1.54) is 5.56 Å². The molecule has 1 heterocycles. The van der Waals surface area contributed by atoms with Crippen LogP contribution in [0.1, 0.15) is 12.0 Å². The first-order valence-corrected chi connectivity index (χ1v) is 5.88. The van der Waals surface area contributed by atoms with Gasteiger partial charge in [-0.2, -0.15) is 0 Å². The third-order valence-corrected chi connectivity index (χ3v) is 3.14. The Kier molecular flexibility index (Phi) is 3.64. The fourth-order valence-electron chi connectivity index (χ4n) is 2.08. The molecule has 1 fully saturated rings. The van der Waals surface area contributed by atoms with Gasteiger partial charge >= 0.3 is 0 Å². The lowest BCUT2D eigenvalue weighted by atomic mass is 10.1. The van der Waals surface area contributed by atoms with Gasteiger partial charge in [-0.1, -0.05) is 12.1 Å². The first-order chi connectivity index (χ1) is 8.20. The van der Waals surface area contributed by atoms with Crippen LogP contribution >= 0.6 is 0 Å². The van der Waals surface area contributed by atoms with Crippen LogP contribution in [0.2, 0.25) is 0 Å². The third kappa shape index (κ3) is 2.77. The van der Waals surface area contributed by atoms with Crippen LogP contribution in [0.15, 0.2) is 24.3 Å². The predicted molar refractivity (Wildman–Crippen MR) is 65.9 cm³/mol. The molecule has 1 aromatic rings. The molecule has 0 spiro atoms. The number of ether oxygens (including phenoxy) is 1. The van der Waals surface area contributed by atoms with Crippen LogP contribution < -0.4 is 10.5 Å². The standard InChI is InChI=1S/C13H18N2O2/c1-17-11-4-2-3-10(9-11)5-7-15-8-6-12(14)13(15)16/h2-4,9,12H,5-8,14H2,1H3. The zero-order valence-corrected chi connectivity index (χ0v) is 10.1. The maximum absolute atomic E-state index is 11.6. The zero-order chi connectivity index (χ0) is 12.3. The Labute approximate surface area is 101 Å². The highest BCUT2D eigenvalue weighted by atomic mass is 16.5. The predicted octanol–water partition coefficient (Wildman–Crippen LogP) is 0.797. The summed E-state index contributed by atoms with van der Waals surface area (Å²) in [5.74, 6) is 0.930. The molecule has 0 aromatic heterocycles. The second kappa shape index (κ2) is 5.19. The van der Waals surface area contributed by atoms with Gasteiger partial charge in [0.2, 0.25) is 5.91 Å². The minimum Gasteiger partial charge on any atom is -0.497 e. The fraction of sp³-hybridized carbons (Fsp3) is 0.462. The smallest absolute Gasteiger partial charge is 0.239 e. The lowest BCUT2D eigenvalue weighted by molar-refractivity contribution is -0.128. The van der Waals surface area contributed by atoms with E-state index in [0.717, 1.165) is 31.7 Å². The average molecular weight is 234 g/mol. The van der Waals surface area contributed by atoms with Crippen molar-refractivity contribution < 1.29 is 9.53 Å². The molecule has 0 radical (unpaired) electrons. The number of hydrogen-bond acceptors (Lipinski definition) is 3. The van der Waals surface area contributed by atoms with Crippen molar-refractivity contribution in [3.8, 4) is 5.75 Å². The molecular formula is C13H18N2O2. The second-order valence-electron chi connectivity index (χ2n) is 4.32. The van der Waals surface area contributed by atoms with Gasteiger partial charge < -0.3 is 15.4 Å². The van der Waals surface area contributed by atoms with E-state index in [1.54, 1.807) is 7.11 Å². The molecule has 1 unspecified atom stereocenters. The van der Waals surface area contributed by atoms with E-state index in [0.29, 0.717) is 0 Å². The molecule has 1 amide bonds. The van der Waals surface area contributed by atoms with Crippen LogP contribution in [-0.2, 0) is 11.2 Å². The highest BCUT2D eigenvalue weighted by Gasteiger charge is 2.27. The molecule has 2 rings (SSSR count). The molecule has 17 heavy (non-hydrogen) atoms. The lowest BCUT2D eigenvalue weighted by Gasteiger charge is -2.15. The summed E-state index contributed by atoms with van der Waals surface area (Å²) in [7, 11) is 1.65. The maximum Gasteiger partial charge on any atom is 0.239 e. The molecule has 1 aliphatic heterocycles. The molecule has 1 atom stereocenters. The number of hydrogen-bond donors (Lipinski definition) is 1. The zero-order valence-electron chi connectivity index (χ0n) is 10.1. The van der Waals surface area contributed by atoms with E-state index >= 15 is 0 Å². The molecule has 0 aliphatic carbocycles. The molecule has 2 N–H and O–H groups in total. The van der Waals surface area contributed by atoms with Crippen molar-refractivity contribution >= 4 is 5.91 Å². The summed E-state index contributed by atoms with van der Waals surface area (Å²) in [6.07, 6.45) is 1.62. The Morgan fingerprint density at radius 2 is 2.35 bits per heavy atom. The number of methoxy groups -OCH3 is 1. The first-order valence-electron chi connectivity index (χ1n) is 5.88. The van der Waals surface area contributed by atoms with Crippen molar-refractivity contribution in [3.63, 3.8) is 0 Å². The number of nitrogens with zero attached hydrogens (tertiary/aromatic N) is 1. The molecule has 4 heteroatoms. The molecule has 0 saturated carbocycles. The van der Waals surface area contributed by atoms with Crippen molar-refractivity contribution in [3.05, 3.63) is 29.8 Å². The summed E-state index contributed by atoms with van der Waals surface area (Å²) < 4.78 is 5.16. The van der Waals surface area contributed by atoms with E-state index in [1.807, 2.05) is 29.2 Å². The molecule has 0 bridgehead atoms. The topological polar surface area (TPSA) is 55.6 Å². The van der Waals surface area contributed by atoms with Gasteiger partial charge in [0, 0.05) is 13.1 Å². The summed E-state index contributed by atoms with van der Waals surface area (Å²) >= 11 is 0. The van der Waals surface area contributed by atoms with Crippen molar-refractivity contribution in [2.24, 2.45) is 5.73 Å². The van der Waals surface area contributed by atoms with Crippen LogP contribution in [0.5, 0.6) is 5.75 Å². The van der Waals surface area contributed by atoms with Crippen molar-refractivity contribution in [2.75, 3.05) is 20.2 Å². The van der Waals surface area contributed by atoms with Gasteiger partial charge in [0.05, 0.1) is 13.2 Å². The SMILES string of the molecule is COc1cccc(CCN2CCC(N)C2=O)c1. The molecule has 1 saturated heterocycles. The van der Waals surface area contributed by atoms with E-state index < -0.39 is 0 Å². The minimum atomic E-state index is -0.291. The van der Waals surface area contributed by atoms with Crippen LogP contribution in [0.4, 0.5) is 0 Å². The summed E-state index contributed by atoms with van der Waals surface area (Å²) in [4.78, 5) is 13.5. The van der Waals surface area contributed by atoms with Gasteiger partial charge in [-0.3, -0.25) is 4.79 Å². The molecule has 92 valence electrons. The van der Waals surface area contributed by atoms with Crippen molar-refractivity contribution in [2.45, 2.75) is 18.9 Å². The Balaban J connectivity index is 1.91. The Morgan fingerprint density at radius 3 is 3.00 bits per heavy atom. The number of nitrogens with two attached hydrogens (primary N) is 1. The van der Waals surface area contributed by atoms with Gasteiger partial charge in [-0.15, -0.1) is 0 Å². The molecular weight excluding hydrogens is 216 g/mol. The Bertz CT molecular complexity index is 406. The van der Waals surface area contributed by atoms with Gasteiger partial charge in [0.1, 0.15) is 5.75 Å². The minimum absolute atomic E-state index is 0.0768. The van der Waals surface area contributed by atoms with Crippen LogP contribution in [0.25, 0.3) is 0 Å². The van der Waals surface area contributed by atoms with Crippen molar-refractivity contribution in [1.29, 1.82) is 0 Å². The number of amides is 1. The summed E-state index contributed by atoms with van der Waals surface area (Å²) in [5.41, 5.74) is 6.85. The monoisotopic (exact) mass is 234 g/mol. The van der Waals surface area contributed by atoms with E-state index in [2.05, 4.69) is 0 Å². The Hall–Kier alpha value is -1.55. The normalized spacial score (nSPS) is 19.8. The van der Waals surface area contributed by atoms with Gasteiger partial charge in [0.25, 0.3) is 0 Å². The summed E-state index contributed by atoms with van der Waals surface area (Å²) in [6, 6.07) is 7.63. The number of rotatable bonds is 4. The molecule has 1 aromatic carbocycles. The average Bonchev–Trinajstić information content (AvgIpc) is 2.68. The number of benzene rings is 1. The van der Waals surface area contributed by atoms with Crippen LogP contribution in [0, 0.1) is 0 Å². The molecule has 1 aliphatic rings. The van der Waals surface area contributed by atoms with Gasteiger partial charge in [-0.25, -0.2) is 0 Å². The largest absolute Gasteiger partial charge is 0.497 e. The van der Waals surface area contributed by atoms with Crippen LogP contribution in [-0.4, -0.2) is 37.0 Å². The van der Waals surface area contributed by atoms with E-state index in [-0.39, 0.29) is 11.9 Å². The number of carbonyl (C=O) groups is 1. The third-order valence-electron chi connectivity index (χ3n) is 3.14. The second-order valence-corrected chi connectivity index (χ2v) is 4.32. The molecule has 4 nitrogen and oxygen atoms in total. The number of likely N-dealkylation sites (tertiary alicyclic amines) is 1. The maximum atomic E-state index is 11.6.